The average Bonchev–Trinajstić information content (AvgIpc) is 2.61. The summed E-state index contributed by atoms with van der Waals surface area (Å²) in [7, 11) is -4.38. The molecule has 0 bridgehead atoms. The lowest BCUT2D eigenvalue weighted by atomic mass is 10.2. The van der Waals surface area contributed by atoms with E-state index in [1.807, 2.05) is 0 Å². The number of nitro benzene ring substituents is 2. The Balaban J connectivity index is 2.11. The smallest absolute Gasteiger partial charge is 0.277 e. The molecule has 1 N–H and O–H groups in total. The predicted molar refractivity (Wildman–Crippen MR) is 92.3 cm³/mol. The van der Waals surface area contributed by atoms with E-state index >= 15 is 0 Å². The highest BCUT2D eigenvalue weighted by Gasteiger charge is 2.29. The van der Waals surface area contributed by atoms with Crippen LogP contribution in [-0.4, -0.2) is 23.2 Å². The lowest BCUT2D eigenvalue weighted by Crippen LogP contribution is -2.15. The summed E-state index contributed by atoms with van der Waals surface area (Å²) < 4.78 is 27.5. The minimum absolute atomic E-state index is 0.135. The van der Waals surface area contributed by atoms with Gasteiger partial charge >= 0.3 is 0 Å². The first kappa shape index (κ1) is 17.2. The van der Waals surface area contributed by atoms with Gasteiger partial charge in [0.15, 0.2) is 4.90 Å². The highest BCUT2D eigenvalue weighted by molar-refractivity contribution is 7.92. The summed E-state index contributed by atoms with van der Waals surface area (Å²) in [5, 5.41) is 22.6. The normalized spacial score (nSPS) is 11.2. The molecule has 1 aromatic heterocycles. The van der Waals surface area contributed by atoms with Crippen LogP contribution in [0.5, 0.6) is 0 Å². The summed E-state index contributed by atoms with van der Waals surface area (Å²) in [6, 6.07) is 10.5. The molecule has 26 heavy (non-hydrogen) atoms. The monoisotopic (exact) mass is 374 g/mol. The topological polar surface area (TPSA) is 145 Å². The zero-order valence-electron chi connectivity index (χ0n) is 12.9. The van der Waals surface area contributed by atoms with Gasteiger partial charge in [-0.2, -0.15) is 0 Å². The van der Waals surface area contributed by atoms with Crippen LogP contribution in [0.25, 0.3) is 10.9 Å². The molecule has 0 aliphatic rings. The molecule has 0 amide bonds. The van der Waals surface area contributed by atoms with Crippen molar-refractivity contribution in [1.82, 2.24) is 4.98 Å². The number of para-hydroxylation sites is 1. The first-order chi connectivity index (χ1) is 12.3. The second kappa shape index (κ2) is 6.37. The van der Waals surface area contributed by atoms with E-state index in [9.17, 15) is 28.6 Å². The number of nitro groups is 2. The number of sulfonamides is 1. The van der Waals surface area contributed by atoms with Crippen molar-refractivity contribution >= 4 is 38.0 Å². The fourth-order valence-electron chi connectivity index (χ4n) is 2.38. The van der Waals surface area contributed by atoms with Crippen LogP contribution in [0, 0.1) is 20.2 Å². The Hall–Kier alpha value is -3.60. The number of pyridine rings is 1. The van der Waals surface area contributed by atoms with Crippen LogP contribution in [0.2, 0.25) is 0 Å². The maximum Gasteiger partial charge on any atom is 0.296 e. The van der Waals surface area contributed by atoms with Crippen LogP contribution in [-0.2, 0) is 10.0 Å². The van der Waals surface area contributed by atoms with E-state index in [1.165, 1.54) is 12.3 Å². The molecule has 0 saturated carbocycles. The van der Waals surface area contributed by atoms with Gasteiger partial charge < -0.3 is 0 Å². The SMILES string of the molecule is O=[N+]([O-])c1ccc(S(=O)(=O)Nc2cccc3cccnc23)c([N+](=O)[O-])c1. The molecule has 0 unspecified atom stereocenters. The van der Waals surface area contributed by atoms with Gasteiger partial charge in [-0.3, -0.25) is 29.9 Å². The molecular weight excluding hydrogens is 364 g/mol. The molecule has 132 valence electrons. The Morgan fingerprint density at radius 2 is 1.69 bits per heavy atom. The number of nitrogens with zero attached hydrogens (tertiary/aromatic N) is 3. The molecule has 0 fully saturated rings. The van der Waals surface area contributed by atoms with Gasteiger partial charge in [0.1, 0.15) is 0 Å². The Kier molecular flexibility index (Phi) is 4.22. The minimum Gasteiger partial charge on any atom is -0.277 e. The van der Waals surface area contributed by atoms with Crippen molar-refractivity contribution in [2.75, 3.05) is 4.72 Å². The fraction of sp³-hybridized carbons (Fsp3) is 0. The van der Waals surface area contributed by atoms with Crippen molar-refractivity contribution < 1.29 is 18.3 Å². The lowest BCUT2D eigenvalue weighted by Gasteiger charge is -2.10. The van der Waals surface area contributed by atoms with E-state index in [4.69, 9.17) is 0 Å². The molecule has 0 saturated heterocycles. The fourth-order valence-corrected chi connectivity index (χ4v) is 3.60. The number of rotatable bonds is 5. The summed E-state index contributed by atoms with van der Waals surface area (Å²) >= 11 is 0. The van der Waals surface area contributed by atoms with Gasteiger partial charge in [-0.25, -0.2) is 8.42 Å². The van der Waals surface area contributed by atoms with Crippen LogP contribution in [0.1, 0.15) is 0 Å². The van der Waals surface area contributed by atoms with Crippen molar-refractivity contribution in [2.45, 2.75) is 4.90 Å². The molecule has 0 atom stereocenters. The zero-order chi connectivity index (χ0) is 18.9. The standard InChI is InChI=1S/C15H10N4O6S/c20-18(21)11-6-7-14(13(9-11)19(22)23)26(24,25)17-12-5-1-3-10-4-2-8-16-15(10)12/h1-9,17H. The van der Waals surface area contributed by atoms with Crippen molar-refractivity contribution in [3.05, 3.63) is 75.0 Å². The molecule has 0 aliphatic carbocycles. The predicted octanol–water partition coefficient (Wildman–Crippen LogP) is 2.85. The zero-order valence-corrected chi connectivity index (χ0v) is 13.7. The van der Waals surface area contributed by atoms with Crippen molar-refractivity contribution in [3.8, 4) is 0 Å². The summed E-state index contributed by atoms with van der Waals surface area (Å²) in [6.45, 7) is 0. The third-order valence-corrected chi connectivity index (χ3v) is 4.93. The number of aromatic nitrogens is 1. The third-order valence-electron chi connectivity index (χ3n) is 3.52. The van der Waals surface area contributed by atoms with E-state index in [-0.39, 0.29) is 5.69 Å². The largest absolute Gasteiger partial charge is 0.296 e. The quantitative estimate of drug-likeness (QED) is 0.533. The molecule has 3 aromatic rings. The molecule has 1 heterocycles. The first-order valence-electron chi connectivity index (χ1n) is 7.09. The van der Waals surface area contributed by atoms with Crippen molar-refractivity contribution in [1.29, 1.82) is 0 Å². The molecule has 3 rings (SSSR count). The molecule has 2 aromatic carbocycles. The van der Waals surface area contributed by atoms with Gasteiger partial charge in [0.05, 0.1) is 27.1 Å². The Morgan fingerprint density at radius 1 is 0.962 bits per heavy atom. The van der Waals surface area contributed by atoms with Gasteiger partial charge in [0, 0.05) is 17.6 Å². The molecule has 0 radical (unpaired) electrons. The van der Waals surface area contributed by atoms with Gasteiger partial charge in [0.25, 0.3) is 21.4 Å². The van der Waals surface area contributed by atoms with Crippen LogP contribution in [0.3, 0.4) is 0 Å². The van der Waals surface area contributed by atoms with E-state index in [2.05, 4.69) is 9.71 Å². The highest BCUT2D eigenvalue weighted by atomic mass is 32.2. The van der Waals surface area contributed by atoms with Crippen LogP contribution in [0.15, 0.2) is 59.6 Å². The van der Waals surface area contributed by atoms with E-state index in [1.54, 1.807) is 24.3 Å². The number of nitrogens with one attached hydrogen (secondary N) is 1. The van der Waals surface area contributed by atoms with Gasteiger partial charge in [-0.1, -0.05) is 18.2 Å². The summed E-state index contributed by atoms with van der Waals surface area (Å²) in [6.07, 6.45) is 1.48. The lowest BCUT2D eigenvalue weighted by molar-refractivity contribution is -0.396. The summed E-state index contributed by atoms with van der Waals surface area (Å²) in [5.41, 5.74) is -0.971. The molecular formula is C15H10N4O6S. The average molecular weight is 374 g/mol. The number of hydrogen-bond donors (Lipinski definition) is 1. The molecule has 10 nitrogen and oxygen atoms in total. The van der Waals surface area contributed by atoms with Crippen LogP contribution >= 0.6 is 0 Å². The van der Waals surface area contributed by atoms with Gasteiger partial charge in [-0.05, 0) is 18.2 Å². The third kappa shape index (κ3) is 3.15. The Morgan fingerprint density at radius 3 is 2.38 bits per heavy atom. The van der Waals surface area contributed by atoms with Gasteiger partial charge in [-0.15, -0.1) is 0 Å². The summed E-state index contributed by atoms with van der Waals surface area (Å²) in [4.78, 5) is 23.6. The molecule has 0 spiro atoms. The number of fused-ring (bicyclic) bond motifs is 1. The Bertz CT molecular complexity index is 1140. The number of hydrogen-bond acceptors (Lipinski definition) is 7. The second-order valence-electron chi connectivity index (χ2n) is 5.15. The number of non-ortho nitro benzene ring substituents is 1. The van der Waals surface area contributed by atoms with Crippen LogP contribution < -0.4 is 4.72 Å². The first-order valence-corrected chi connectivity index (χ1v) is 8.57. The Labute approximate surface area is 146 Å². The van der Waals surface area contributed by atoms with Crippen molar-refractivity contribution in [3.63, 3.8) is 0 Å². The van der Waals surface area contributed by atoms with Gasteiger partial charge in [0.2, 0.25) is 0 Å². The van der Waals surface area contributed by atoms with Crippen LogP contribution in [0.4, 0.5) is 17.1 Å². The minimum atomic E-state index is -4.38. The van der Waals surface area contributed by atoms with E-state index in [0.717, 1.165) is 12.1 Å². The number of benzene rings is 2. The summed E-state index contributed by atoms with van der Waals surface area (Å²) in [5.74, 6) is 0. The van der Waals surface area contributed by atoms with E-state index < -0.39 is 36.1 Å². The van der Waals surface area contributed by atoms with E-state index in [0.29, 0.717) is 17.0 Å². The maximum absolute atomic E-state index is 12.6. The second-order valence-corrected chi connectivity index (χ2v) is 6.80. The van der Waals surface area contributed by atoms with Crippen molar-refractivity contribution in [2.24, 2.45) is 0 Å². The maximum atomic E-state index is 12.6. The highest BCUT2D eigenvalue weighted by Crippen LogP contribution is 2.31. The number of anilines is 1. The molecule has 11 heteroatoms. The molecule has 0 aliphatic heterocycles.